The van der Waals surface area contributed by atoms with Crippen molar-refractivity contribution < 1.29 is 5.11 Å². The smallest absolute Gasteiger partial charge is 0.0895 e. The normalized spacial score (nSPS) is 10.3. The van der Waals surface area contributed by atoms with Gasteiger partial charge in [0.2, 0.25) is 0 Å². The fraction of sp³-hybridized carbons (Fsp3) is 0.0769. The number of hydrogen-bond donors (Lipinski definition) is 1. The summed E-state index contributed by atoms with van der Waals surface area (Å²) in [6.45, 7) is 3.51. The van der Waals surface area contributed by atoms with E-state index in [-0.39, 0.29) is 5.76 Å². The van der Waals surface area contributed by atoms with Crippen LogP contribution in [0.2, 0.25) is 0 Å². The van der Waals surface area contributed by atoms with Crippen molar-refractivity contribution in [1.29, 1.82) is 0 Å². The molecule has 14 heavy (non-hydrogen) atoms. The lowest BCUT2D eigenvalue weighted by Crippen LogP contribution is -1.89. The first kappa shape index (κ1) is 8.82. The zero-order chi connectivity index (χ0) is 9.97. The zero-order valence-corrected chi connectivity index (χ0v) is 7.90. The molecule has 0 aliphatic carbocycles. The second kappa shape index (κ2) is 3.54. The van der Waals surface area contributed by atoms with Crippen LogP contribution in [0.25, 0.3) is 10.8 Å². The van der Waals surface area contributed by atoms with Gasteiger partial charge in [0.25, 0.3) is 0 Å². The minimum absolute atomic E-state index is 0.210. The third-order valence-corrected chi connectivity index (χ3v) is 2.27. The van der Waals surface area contributed by atoms with Gasteiger partial charge in [-0.15, -0.1) is 0 Å². The van der Waals surface area contributed by atoms with E-state index in [2.05, 4.69) is 24.8 Å². The molecule has 70 valence electrons. The highest BCUT2D eigenvalue weighted by Gasteiger charge is 2.00. The molecule has 0 aliphatic heterocycles. The molecule has 0 aliphatic rings. The van der Waals surface area contributed by atoms with Gasteiger partial charge in [-0.2, -0.15) is 0 Å². The van der Waals surface area contributed by atoms with Gasteiger partial charge in [-0.05, 0) is 16.3 Å². The van der Waals surface area contributed by atoms with E-state index in [0.29, 0.717) is 6.42 Å². The molecule has 0 atom stereocenters. The van der Waals surface area contributed by atoms with Gasteiger partial charge in [0.1, 0.15) is 0 Å². The fourth-order valence-corrected chi connectivity index (χ4v) is 1.67. The van der Waals surface area contributed by atoms with E-state index < -0.39 is 0 Å². The molecule has 1 nitrogen and oxygen atoms in total. The molecular formula is C13H12O. The number of aliphatic hydroxyl groups excluding tert-OH is 1. The topological polar surface area (TPSA) is 20.2 Å². The van der Waals surface area contributed by atoms with Crippen molar-refractivity contribution in [2.75, 3.05) is 0 Å². The summed E-state index contributed by atoms with van der Waals surface area (Å²) in [5.74, 6) is 0.210. The molecule has 0 saturated carbocycles. The maximum atomic E-state index is 9.17. The Hall–Kier alpha value is -1.76. The molecule has 2 aromatic rings. The van der Waals surface area contributed by atoms with Gasteiger partial charge in [0.15, 0.2) is 0 Å². The average Bonchev–Trinajstić information content (AvgIpc) is 2.18. The summed E-state index contributed by atoms with van der Waals surface area (Å²) in [5.41, 5.74) is 1.12. The van der Waals surface area contributed by atoms with Crippen LogP contribution >= 0.6 is 0 Å². The first-order valence-corrected chi connectivity index (χ1v) is 4.61. The van der Waals surface area contributed by atoms with Crippen LogP contribution in [0.4, 0.5) is 0 Å². The Balaban J connectivity index is 2.59. The van der Waals surface area contributed by atoms with Gasteiger partial charge < -0.3 is 5.11 Å². The summed E-state index contributed by atoms with van der Waals surface area (Å²) in [6, 6.07) is 14.2. The summed E-state index contributed by atoms with van der Waals surface area (Å²) in [5, 5.41) is 11.6. The quantitative estimate of drug-likeness (QED) is 0.709. The van der Waals surface area contributed by atoms with E-state index >= 15 is 0 Å². The number of rotatable bonds is 2. The van der Waals surface area contributed by atoms with Crippen molar-refractivity contribution >= 4 is 10.8 Å². The predicted octanol–water partition coefficient (Wildman–Crippen LogP) is 3.45. The molecule has 0 unspecified atom stereocenters. The van der Waals surface area contributed by atoms with Crippen LogP contribution in [0.5, 0.6) is 0 Å². The Morgan fingerprint density at radius 1 is 1.07 bits per heavy atom. The van der Waals surface area contributed by atoms with Crippen molar-refractivity contribution in [1.82, 2.24) is 0 Å². The molecule has 0 fully saturated rings. The van der Waals surface area contributed by atoms with Crippen LogP contribution in [-0.2, 0) is 6.42 Å². The monoisotopic (exact) mass is 184 g/mol. The van der Waals surface area contributed by atoms with Crippen molar-refractivity contribution in [3.63, 3.8) is 0 Å². The maximum Gasteiger partial charge on any atom is 0.0895 e. The highest BCUT2D eigenvalue weighted by Crippen LogP contribution is 2.19. The molecule has 1 heteroatoms. The Labute approximate surface area is 83.3 Å². The van der Waals surface area contributed by atoms with Crippen molar-refractivity contribution in [3.05, 3.63) is 60.4 Å². The summed E-state index contributed by atoms with van der Waals surface area (Å²) in [7, 11) is 0. The van der Waals surface area contributed by atoms with Crippen molar-refractivity contribution in [3.8, 4) is 0 Å². The van der Waals surface area contributed by atoms with Gasteiger partial charge in [0, 0.05) is 6.42 Å². The molecule has 0 radical (unpaired) electrons. The van der Waals surface area contributed by atoms with Crippen molar-refractivity contribution in [2.45, 2.75) is 6.42 Å². The highest BCUT2D eigenvalue weighted by atomic mass is 16.3. The number of allylic oxidation sites excluding steroid dienone is 1. The van der Waals surface area contributed by atoms with Crippen molar-refractivity contribution in [2.24, 2.45) is 0 Å². The molecular weight excluding hydrogens is 172 g/mol. The molecule has 2 rings (SSSR count). The van der Waals surface area contributed by atoms with Crippen LogP contribution in [0.3, 0.4) is 0 Å². The number of hydrogen-bond acceptors (Lipinski definition) is 1. The second-order valence-corrected chi connectivity index (χ2v) is 3.38. The molecule has 0 spiro atoms. The molecule has 1 N–H and O–H groups in total. The number of benzene rings is 2. The van der Waals surface area contributed by atoms with Gasteiger partial charge >= 0.3 is 0 Å². The SMILES string of the molecule is C=C(O)Cc1cccc2ccccc12. The summed E-state index contributed by atoms with van der Waals surface area (Å²) < 4.78 is 0. The van der Waals surface area contributed by atoms with E-state index in [1.165, 1.54) is 10.8 Å². The molecule has 0 bridgehead atoms. The van der Waals surface area contributed by atoms with Crippen LogP contribution < -0.4 is 0 Å². The Morgan fingerprint density at radius 3 is 2.57 bits per heavy atom. The summed E-state index contributed by atoms with van der Waals surface area (Å²) >= 11 is 0. The predicted molar refractivity (Wildman–Crippen MR) is 59.4 cm³/mol. The lowest BCUT2D eigenvalue weighted by atomic mass is 10.0. The minimum atomic E-state index is 0.210. The maximum absolute atomic E-state index is 9.17. The molecule has 0 saturated heterocycles. The van der Waals surface area contributed by atoms with Crippen LogP contribution in [0, 0.1) is 0 Å². The largest absolute Gasteiger partial charge is 0.513 e. The van der Waals surface area contributed by atoms with Crippen LogP contribution in [0.1, 0.15) is 5.56 Å². The van der Waals surface area contributed by atoms with E-state index in [1.54, 1.807) is 0 Å². The molecule has 0 amide bonds. The Kier molecular flexibility index (Phi) is 2.23. The van der Waals surface area contributed by atoms with Gasteiger partial charge in [-0.25, -0.2) is 0 Å². The third-order valence-electron chi connectivity index (χ3n) is 2.27. The molecule has 0 aromatic heterocycles. The Bertz CT molecular complexity index is 466. The van der Waals surface area contributed by atoms with E-state index in [1.807, 2.05) is 24.3 Å². The average molecular weight is 184 g/mol. The van der Waals surface area contributed by atoms with Gasteiger partial charge in [-0.1, -0.05) is 49.0 Å². The van der Waals surface area contributed by atoms with E-state index in [0.717, 1.165) is 5.56 Å². The van der Waals surface area contributed by atoms with E-state index in [9.17, 15) is 5.11 Å². The van der Waals surface area contributed by atoms with Crippen LogP contribution in [0.15, 0.2) is 54.8 Å². The second-order valence-electron chi connectivity index (χ2n) is 3.38. The first-order chi connectivity index (χ1) is 6.77. The van der Waals surface area contributed by atoms with Gasteiger partial charge in [0.05, 0.1) is 5.76 Å². The van der Waals surface area contributed by atoms with Gasteiger partial charge in [-0.3, -0.25) is 0 Å². The van der Waals surface area contributed by atoms with Crippen LogP contribution in [-0.4, -0.2) is 5.11 Å². The lowest BCUT2D eigenvalue weighted by molar-refractivity contribution is 0.402. The molecule has 0 heterocycles. The molecule has 2 aromatic carbocycles. The standard InChI is InChI=1S/C13H12O/c1-10(14)9-12-7-4-6-11-5-2-3-8-13(11)12/h2-8,14H,1,9H2. The third kappa shape index (κ3) is 1.62. The minimum Gasteiger partial charge on any atom is -0.513 e. The number of fused-ring (bicyclic) bond motifs is 1. The van der Waals surface area contributed by atoms with E-state index in [4.69, 9.17) is 0 Å². The fourth-order valence-electron chi connectivity index (χ4n) is 1.67. The Morgan fingerprint density at radius 2 is 1.79 bits per heavy atom. The first-order valence-electron chi connectivity index (χ1n) is 4.61. The summed E-state index contributed by atoms with van der Waals surface area (Å²) in [4.78, 5) is 0. The lowest BCUT2D eigenvalue weighted by Gasteiger charge is -2.04. The summed E-state index contributed by atoms with van der Waals surface area (Å²) in [6.07, 6.45) is 0.529. The zero-order valence-electron chi connectivity index (χ0n) is 7.90. The highest BCUT2D eigenvalue weighted by molar-refractivity contribution is 5.85. The number of aliphatic hydroxyl groups is 1.